The Balaban J connectivity index is 2.99. The summed E-state index contributed by atoms with van der Waals surface area (Å²) < 4.78 is 27.3. The molecule has 15 heavy (non-hydrogen) atoms. The summed E-state index contributed by atoms with van der Waals surface area (Å²) in [5.41, 5.74) is 1.03. The van der Waals surface area contributed by atoms with Crippen molar-refractivity contribution in [3.05, 3.63) is 46.0 Å². The third-order valence-electron chi connectivity index (χ3n) is 2.45. The van der Waals surface area contributed by atoms with Gasteiger partial charge in [-0.05, 0) is 36.9 Å². The first-order chi connectivity index (χ1) is 7.00. The molecule has 0 aromatic heterocycles. The van der Waals surface area contributed by atoms with E-state index in [9.17, 15) is 8.78 Å². The molecule has 0 fully saturated rings. The maximum Gasteiger partial charge on any atom is 0.138 e. The summed E-state index contributed by atoms with van der Waals surface area (Å²) in [6, 6.07) is 4.62. The number of benzene rings is 2. The molecule has 0 aliphatic carbocycles. The fourth-order valence-electron chi connectivity index (χ4n) is 1.65. The lowest BCUT2D eigenvalue weighted by atomic mass is 10.0. The normalized spacial score (nSPS) is 11.0. The lowest BCUT2D eigenvalue weighted by Crippen LogP contribution is -1.91. The van der Waals surface area contributed by atoms with Crippen LogP contribution in [0.5, 0.6) is 0 Å². The minimum Gasteiger partial charge on any atom is -0.206 e. The second-order valence-electron chi connectivity index (χ2n) is 3.64. The van der Waals surface area contributed by atoms with Crippen LogP contribution in [-0.2, 0) is 0 Å². The number of aryl methyl sites for hydroxylation is 1. The number of halogens is 3. The zero-order chi connectivity index (χ0) is 11.2. The SMILES string of the molecule is Cc1cc(F)c2c(F)c(C)c(Cl)cc2c1. The van der Waals surface area contributed by atoms with E-state index in [1.807, 2.05) is 0 Å². The molecule has 0 saturated heterocycles. The first-order valence-electron chi connectivity index (χ1n) is 4.55. The molecule has 0 aliphatic rings. The zero-order valence-electron chi connectivity index (χ0n) is 8.37. The van der Waals surface area contributed by atoms with Gasteiger partial charge in [-0.15, -0.1) is 0 Å². The van der Waals surface area contributed by atoms with Crippen LogP contribution in [0.25, 0.3) is 10.8 Å². The molecule has 2 rings (SSSR count). The van der Waals surface area contributed by atoms with E-state index in [2.05, 4.69) is 0 Å². The van der Waals surface area contributed by atoms with Crippen molar-refractivity contribution in [2.45, 2.75) is 13.8 Å². The van der Waals surface area contributed by atoms with Crippen LogP contribution in [0, 0.1) is 25.5 Å². The first kappa shape index (κ1) is 10.4. The van der Waals surface area contributed by atoms with Crippen molar-refractivity contribution in [3.8, 4) is 0 Å². The molecular weight excluding hydrogens is 218 g/mol. The summed E-state index contributed by atoms with van der Waals surface area (Å²) in [5, 5.41) is 0.841. The van der Waals surface area contributed by atoms with Crippen LogP contribution in [0.15, 0.2) is 18.2 Å². The van der Waals surface area contributed by atoms with Gasteiger partial charge in [0.05, 0.1) is 5.39 Å². The number of fused-ring (bicyclic) bond motifs is 1. The molecule has 0 aliphatic heterocycles. The summed E-state index contributed by atoms with van der Waals surface area (Å²) in [4.78, 5) is 0. The van der Waals surface area contributed by atoms with E-state index in [4.69, 9.17) is 11.6 Å². The average molecular weight is 227 g/mol. The summed E-state index contributed by atoms with van der Waals surface area (Å²) >= 11 is 5.84. The van der Waals surface area contributed by atoms with Crippen molar-refractivity contribution < 1.29 is 8.78 Å². The molecular formula is C12H9ClF2. The molecule has 3 heteroatoms. The lowest BCUT2D eigenvalue weighted by molar-refractivity contribution is 0.602. The second-order valence-corrected chi connectivity index (χ2v) is 4.05. The van der Waals surface area contributed by atoms with Gasteiger partial charge in [-0.1, -0.05) is 17.7 Å². The van der Waals surface area contributed by atoms with Gasteiger partial charge < -0.3 is 0 Å². The molecule has 0 unspecified atom stereocenters. The monoisotopic (exact) mass is 226 g/mol. The van der Waals surface area contributed by atoms with Gasteiger partial charge in [-0.2, -0.15) is 0 Å². The maximum absolute atomic E-state index is 13.7. The van der Waals surface area contributed by atoms with E-state index >= 15 is 0 Å². The summed E-state index contributed by atoms with van der Waals surface area (Å²) in [7, 11) is 0. The Morgan fingerprint density at radius 1 is 1.07 bits per heavy atom. The Bertz CT molecular complexity index is 547. The van der Waals surface area contributed by atoms with Gasteiger partial charge in [-0.25, -0.2) is 8.78 Å². The van der Waals surface area contributed by atoms with Crippen LogP contribution in [0.4, 0.5) is 8.78 Å². The number of hydrogen-bond donors (Lipinski definition) is 0. The van der Waals surface area contributed by atoms with Gasteiger partial charge >= 0.3 is 0 Å². The van der Waals surface area contributed by atoms with Gasteiger partial charge in [-0.3, -0.25) is 0 Å². The second kappa shape index (κ2) is 3.46. The third-order valence-corrected chi connectivity index (χ3v) is 2.85. The maximum atomic E-state index is 13.7. The zero-order valence-corrected chi connectivity index (χ0v) is 9.12. The summed E-state index contributed by atoms with van der Waals surface area (Å²) in [6.07, 6.45) is 0. The van der Waals surface area contributed by atoms with E-state index < -0.39 is 11.6 Å². The molecule has 2 aromatic carbocycles. The highest BCUT2D eigenvalue weighted by Gasteiger charge is 2.12. The molecule has 0 radical (unpaired) electrons. The van der Waals surface area contributed by atoms with Crippen molar-refractivity contribution in [1.82, 2.24) is 0 Å². The summed E-state index contributed by atoms with van der Waals surface area (Å²) in [6.45, 7) is 3.30. The van der Waals surface area contributed by atoms with Gasteiger partial charge in [0, 0.05) is 10.6 Å². The fraction of sp³-hybridized carbons (Fsp3) is 0.167. The molecule has 0 spiro atoms. The predicted octanol–water partition coefficient (Wildman–Crippen LogP) is 4.39. The van der Waals surface area contributed by atoms with Crippen LogP contribution >= 0.6 is 11.6 Å². The quantitative estimate of drug-likeness (QED) is 0.625. The Labute approximate surface area is 91.5 Å². The van der Waals surface area contributed by atoms with Crippen LogP contribution in [0.1, 0.15) is 11.1 Å². The van der Waals surface area contributed by atoms with Crippen molar-refractivity contribution in [1.29, 1.82) is 0 Å². The summed E-state index contributed by atoms with van der Waals surface area (Å²) in [5.74, 6) is -1.11. The van der Waals surface area contributed by atoms with Gasteiger partial charge in [0.25, 0.3) is 0 Å². The van der Waals surface area contributed by atoms with Gasteiger partial charge in [0.2, 0.25) is 0 Å². The Morgan fingerprint density at radius 3 is 2.40 bits per heavy atom. The Hall–Kier alpha value is -1.15. The molecule has 2 aromatic rings. The Morgan fingerprint density at radius 2 is 1.73 bits per heavy atom. The van der Waals surface area contributed by atoms with Crippen molar-refractivity contribution in [2.75, 3.05) is 0 Å². The highest BCUT2D eigenvalue weighted by atomic mass is 35.5. The molecule has 0 atom stereocenters. The van der Waals surface area contributed by atoms with Crippen molar-refractivity contribution in [2.24, 2.45) is 0 Å². The van der Waals surface area contributed by atoms with Gasteiger partial charge in [0.15, 0.2) is 0 Å². The van der Waals surface area contributed by atoms with Crippen LogP contribution < -0.4 is 0 Å². The van der Waals surface area contributed by atoms with Crippen molar-refractivity contribution in [3.63, 3.8) is 0 Å². The van der Waals surface area contributed by atoms with Crippen LogP contribution in [0.2, 0.25) is 5.02 Å². The number of hydrogen-bond acceptors (Lipinski definition) is 0. The molecule has 0 heterocycles. The van der Waals surface area contributed by atoms with Crippen molar-refractivity contribution >= 4 is 22.4 Å². The van der Waals surface area contributed by atoms with Crippen LogP contribution in [-0.4, -0.2) is 0 Å². The first-order valence-corrected chi connectivity index (χ1v) is 4.93. The van der Waals surface area contributed by atoms with E-state index in [1.165, 1.54) is 13.0 Å². The highest BCUT2D eigenvalue weighted by molar-refractivity contribution is 6.32. The standard InChI is InChI=1S/C12H9ClF2/c1-6-3-8-5-9(13)7(2)12(15)11(8)10(14)4-6/h3-5H,1-2H3. The molecule has 0 amide bonds. The predicted molar refractivity (Wildman–Crippen MR) is 58.3 cm³/mol. The topological polar surface area (TPSA) is 0 Å². The Kier molecular flexibility index (Phi) is 2.39. The average Bonchev–Trinajstić information content (AvgIpc) is 2.13. The fourth-order valence-corrected chi connectivity index (χ4v) is 1.85. The molecule has 78 valence electrons. The molecule has 0 N–H and O–H groups in total. The largest absolute Gasteiger partial charge is 0.206 e. The molecule has 0 bridgehead atoms. The third kappa shape index (κ3) is 1.59. The highest BCUT2D eigenvalue weighted by Crippen LogP contribution is 2.29. The smallest absolute Gasteiger partial charge is 0.138 e. The minimum atomic E-state index is -0.574. The number of rotatable bonds is 0. The lowest BCUT2D eigenvalue weighted by Gasteiger charge is -2.07. The van der Waals surface area contributed by atoms with E-state index in [0.717, 1.165) is 5.56 Å². The van der Waals surface area contributed by atoms with Gasteiger partial charge in [0.1, 0.15) is 11.6 Å². The van der Waals surface area contributed by atoms with E-state index in [-0.39, 0.29) is 10.9 Å². The van der Waals surface area contributed by atoms with E-state index in [0.29, 0.717) is 10.4 Å². The molecule has 0 saturated carbocycles. The van der Waals surface area contributed by atoms with Crippen LogP contribution in [0.3, 0.4) is 0 Å². The molecule has 0 nitrogen and oxygen atoms in total. The minimum absolute atomic E-state index is 0.0162. The van der Waals surface area contributed by atoms with E-state index in [1.54, 1.807) is 19.1 Å².